The molecule has 4 aliphatic carbocycles. The fourth-order valence-electron chi connectivity index (χ4n) is 10.2. The quantitative estimate of drug-likeness (QED) is 0.327. The van der Waals surface area contributed by atoms with Crippen LogP contribution in [0.5, 0.6) is 0 Å². The van der Waals surface area contributed by atoms with Crippen molar-refractivity contribution in [2.24, 2.45) is 58.2 Å². The predicted octanol–water partition coefficient (Wildman–Crippen LogP) is 8.37. The van der Waals surface area contributed by atoms with E-state index in [1.165, 1.54) is 83.1 Å². The normalized spacial score (nSPS) is 42.4. The first-order valence-corrected chi connectivity index (χ1v) is 15.0. The average molecular weight is 470 g/mol. The molecule has 4 saturated carbocycles. The molecule has 0 radical (unpaired) electrons. The van der Waals surface area contributed by atoms with E-state index in [4.69, 9.17) is 0 Å². The molecule has 2 nitrogen and oxygen atoms in total. The van der Waals surface area contributed by atoms with Gasteiger partial charge in [0.15, 0.2) is 0 Å². The Labute approximate surface area is 211 Å². The fraction of sp³-hybridized carbons (Fsp3) is 0.906. The highest BCUT2D eigenvalue weighted by Gasteiger charge is 2.60. The molecule has 1 amide bonds. The van der Waals surface area contributed by atoms with Crippen LogP contribution in [0, 0.1) is 58.2 Å². The Morgan fingerprint density at radius 2 is 1.68 bits per heavy atom. The van der Waals surface area contributed by atoms with Crippen LogP contribution >= 0.6 is 0 Å². The second-order valence-electron chi connectivity index (χ2n) is 14.3. The minimum absolute atomic E-state index is 0.0813. The number of hydrogen-bond donors (Lipinski definition) is 0. The molecule has 34 heavy (non-hydrogen) atoms. The number of nitrogens with zero attached hydrogens (tertiary/aromatic N) is 1. The van der Waals surface area contributed by atoms with Gasteiger partial charge in [-0.05, 0) is 122 Å². The summed E-state index contributed by atoms with van der Waals surface area (Å²) in [5.74, 6) is 7.27. The van der Waals surface area contributed by atoms with Gasteiger partial charge >= 0.3 is 0 Å². The van der Waals surface area contributed by atoms with Crippen LogP contribution in [-0.4, -0.2) is 24.4 Å². The summed E-state index contributed by atoms with van der Waals surface area (Å²) in [6.45, 7) is 17.4. The van der Waals surface area contributed by atoms with E-state index in [1.54, 1.807) is 0 Å². The van der Waals surface area contributed by atoms with Crippen molar-refractivity contribution in [3.05, 3.63) is 12.7 Å². The number of fused-ring (bicyclic) bond motifs is 5. The van der Waals surface area contributed by atoms with Crippen LogP contribution in [0.25, 0.3) is 0 Å². The Morgan fingerprint density at radius 1 is 0.971 bits per heavy atom. The molecule has 0 aromatic heterocycles. The van der Waals surface area contributed by atoms with Crippen molar-refractivity contribution in [3.8, 4) is 0 Å². The van der Waals surface area contributed by atoms with Gasteiger partial charge in [0.2, 0.25) is 5.91 Å². The fourth-order valence-corrected chi connectivity index (χ4v) is 10.2. The van der Waals surface area contributed by atoms with Crippen molar-refractivity contribution in [2.45, 2.75) is 112 Å². The van der Waals surface area contributed by atoms with Crippen molar-refractivity contribution in [1.82, 2.24) is 4.90 Å². The molecule has 0 bridgehead atoms. The maximum absolute atomic E-state index is 12.0. The zero-order chi connectivity index (χ0) is 24.7. The van der Waals surface area contributed by atoms with Gasteiger partial charge in [-0.15, -0.1) is 0 Å². The molecule has 0 saturated heterocycles. The van der Waals surface area contributed by atoms with Crippen molar-refractivity contribution >= 4 is 5.91 Å². The van der Waals surface area contributed by atoms with Crippen molar-refractivity contribution in [1.29, 1.82) is 0 Å². The third-order valence-electron chi connectivity index (χ3n) is 12.1. The molecule has 4 rings (SSSR count). The molecule has 4 fully saturated rings. The lowest BCUT2D eigenvalue weighted by Gasteiger charge is -2.61. The zero-order valence-corrected chi connectivity index (χ0v) is 23.5. The number of amides is 1. The Morgan fingerprint density at radius 3 is 2.38 bits per heavy atom. The van der Waals surface area contributed by atoms with Crippen LogP contribution in [0.2, 0.25) is 0 Å². The maximum Gasteiger partial charge on any atom is 0.245 e. The molecule has 0 spiro atoms. The average Bonchev–Trinajstić information content (AvgIpc) is 3.15. The summed E-state index contributed by atoms with van der Waals surface area (Å²) in [5.41, 5.74) is 1.15. The molecule has 4 aliphatic rings. The third kappa shape index (κ3) is 4.78. The standard InChI is InChI=1S/C32H55NO/c1-8-30(34)33(7)21-24-16-18-31(5)25(20-24)12-13-26-28-15-14-27(23(4)11-9-10-22(2)3)32(28,6)19-17-29(26)31/h8,22-29H,1,9-21H2,2-7H3/t23-,24+,25+,26+,27-,28+,29+,31+,32-/m1/s1. The maximum atomic E-state index is 12.0. The first-order valence-electron chi connectivity index (χ1n) is 15.0. The van der Waals surface area contributed by atoms with E-state index in [0.717, 1.165) is 48.0 Å². The molecule has 0 unspecified atom stereocenters. The van der Waals surface area contributed by atoms with E-state index in [1.807, 2.05) is 11.9 Å². The molecule has 0 aliphatic heterocycles. The van der Waals surface area contributed by atoms with Crippen molar-refractivity contribution < 1.29 is 4.79 Å². The van der Waals surface area contributed by atoms with Gasteiger partial charge in [-0.3, -0.25) is 4.79 Å². The van der Waals surface area contributed by atoms with Crippen LogP contribution < -0.4 is 0 Å². The lowest BCUT2D eigenvalue weighted by molar-refractivity contribution is -0.130. The summed E-state index contributed by atoms with van der Waals surface area (Å²) < 4.78 is 0. The van der Waals surface area contributed by atoms with Crippen LogP contribution in [0.3, 0.4) is 0 Å². The van der Waals surface area contributed by atoms with Gasteiger partial charge in [-0.2, -0.15) is 0 Å². The molecule has 0 heterocycles. The predicted molar refractivity (Wildman–Crippen MR) is 144 cm³/mol. The Hall–Kier alpha value is -0.790. The summed E-state index contributed by atoms with van der Waals surface area (Å²) in [4.78, 5) is 13.9. The van der Waals surface area contributed by atoms with Gasteiger partial charge in [0.05, 0.1) is 0 Å². The largest absolute Gasteiger partial charge is 0.342 e. The van der Waals surface area contributed by atoms with Crippen LogP contribution in [-0.2, 0) is 4.79 Å². The Bertz CT molecular complexity index is 729. The number of hydrogen-bond acceptors (Lipinski definition) is 1. The molecular weight excluding hydrogens is 414 g/mol. The van der Waals surface area contributed by atoms with E-state index in [0.29, 0.717) is 16.7 Å². The first-order chi connectivity index (χ1) is 16.1. The molecule has 0 aromatic rings. The molecule has 194 valence electrons. The summed E-state index contributed by atoms with van der Waals surface area (Å²) in [6.07, 6.45) is 18.7. The molecule has 0 aromatic carbocycles. The van der Waals surface area contributed by atoms with Crippen molar-refractivity contribution in [2.75, 3.05) is 13.6 Å². The van der Waals surface area contributed by atoms with Gasteiger partial charge in [-0.1, -0.05) is 60.5 Å². The summed E-state index contributed by atoms with van der Waals surface area (Å²) >= 11 is 0. The summed E-state index contributed by atoms with van der Waals surface area (Å²) in [7, 11) is 1.96. The number of rotatable bonds is 8. The van der Waals surface area contributed by atoms with Gasteiger partial charge < -0.3 is 4.90 Å². The van der Waals surface area contributed by atoms with Gasteiger partial charge in [0, 0.05) is 13.6 Å². The second kappa shape index (κ2) is 10.3. The molecule has 2 heteroatoms. The zero-order valence-electron chi connectivity index (χ0n) is 23.5. The smallest absolute Gasteiger partial charge is 0.245 e. The number of carbonyl (C=O) groups is 1. The topological polar surface area (TPSA) is 20.3 Å². The third-order valence-corrected chi connectivity index (χ3v) is 12.1. The van der Waals surface area contributed by atoms with Crippen molar-refractivity contribution in [3.63, 3.8) is 0 Å². The van der Waals surface area contributed by atoms with E-state index >= 15 is 0 Å². The highest BCUT2D eigenvalue weighted by atomic mass is 16.2. The monoisotopic (exact) mass is 469 g/mol. The van der Waals surface area contributed by atoms with Gasteiger partial charge in [-0.25, -0.2) is 0 Å². The highest BCUT2D eigenvalue weighted by Crippen LogP contribution is 2.68. The lowest BCUT2D eigenvalue weighted by atomic mass is 9.44. The molecule has 9 atom stereocenters. The van der Waals surface area contributed by atoms with Gasteiger partial charge in [0.25, 0.3) is 0 Å². The lowest BCUT2D eigenvalue weighted by Crippen LogP contribution is -2.54. The summed E-state index contributed by atoms with van der Waals surface area (Å²) in [5, 5.41) is 0. The number of likely N-dealkylation sites (N-methyl/N-ethyl adjacent to an activating group) is 1. The summed E-state index contributed by atoms with van der Waals surface area (Å²) in [6, 6.07) is 0. The Balaban J connectivity index is 1.40. The highest BCUT2D eigenvalue weighted by molar-refractivity contribution is 5.86. The van der Waals surface area contributed by atoms with E-state index < -0.39 is 0 Å². The number of carbonyl (C=O) groups excluding carboxylic acids is 1. The van der Waals surface area contributed by atoms with Crippen LogP contribution in [0.15, 0.2) is 12.7 Å². The second-order valence-corrected chi connectivity index (χ2v) is 14.3. The van der Waals surface area contributed by atoms with E-state index in [-0.39, 0.29) is 5.91 Å². The van der Waals surface area contributed by atoms with Crippen LogP contribution in [0.4, 0.5) is 0 Å². The SMILES string of the molecule is C=CC(=O)N(C)C[C@H]1CC[C@@]2(C)[C@@H](CC[C@@H]3[C@@H]2CC[C@]2(C)[C@@H]([C@H](C)CCCC(C)C)CC[C@@H]32)C1. The minimum Gasteiger partial charge on any atom is -0.342 e. The first kappa shape index (κ1) is 26.3. The van der Waals surface area contributed by atoms with E-state index in [9.17, 15) is 4.79 Å². The Kier molecular flexibility index (Phi) is 7.96. The van der Waals surface area contributed by atoms with Gasteiger partial charge in [0.1, 0.15) is 0 Å². The van der Waals surface area contributed by atoms with E-state index in [2.05, 4.69) is 41.2 Å². The molecule has 0 N–H and O–H groups in total. The minimum atomic E-state index is 0.0813. The van der Waals surface area contributed by atoms with Crippen LogP contribution in [0.1, 0.15) is 112 Å². The molecular formula is C32H55NO.